The molecular formula is C20H20N4O2S2. The van der Waals surface area contributed by atoms with Gasteiger partial charge in [-0.25, -0.2) is 9.78 Å². The van der Waals surface area contributed by atoms with Gasteiger partial charge in [0.15, 0.2) is 5.16 Å². The summed E-state index contributed by atoms with van der Waals surface area (Å²) in [6, 6.07) is 8.41. The van der Waals surface area contributed by atoms with Gasteiger partial charge < -0.3 is 10.5 Å². The van der Waals surface area contributed by atoms with E-state index in [1.165, 1.54) is 22.9 Å². The van der Waals surface area contributed by atoms with E-state index in [-0.39, 0.29) is 6.61 Å². The minimum atomic E-state index is -0.450. The van der Waals surface area contributed by atoms with Gasteiger partial charge in [0.2, 0.25) is 0 Å². The summed E-state index contributed by atoms with van der Waals surface area (Å²) in [5.41, 5.74) is 10.2. The quantitative estimate of drug-likeness (QED) is 0.474. The number of carbonyl (C=O) groups excluding carboxylic acids is 1. The number of nitrogens with two attached hydrogens (primary N) is 1. The van der Waals surface area contributed by atoms with Crippen LogP contribution in [0, 0.1) is 25.2 Å². The second-order valence-electron chi connectivity index (χ2n) is 6.20. The van der Waals surface area contributed by atoms with Crippen LogP contribution in [0.3, 0.4) is 0 Å². The van der Waals surface area contributed by atoms with Crippen molar-refractivity contribution >= 4 is 34.1 Å². The van der Waals surface area contributed by atoms with Gasteiger partial charge in [0.05, 0.1) is 12.2 Å². The SMILES string of the molecule is CCOC(=O)c1sc(N)c(C#N)c1CSc1nccn1-c1cc(C)cc(C)c1. The van der Waals surface area contributed by atoms with E-state index in [0.717, 1.165) is 22.2 Å². The molecule has 0 aliphatic rings. The van der Waals surface area contributed by atoms with Gasteiger partial charge in [0.1, 0.15) is 15.9 Å². The maximum Gasteiger partial charge on any atom is 0.348 e. The lowest BCUT2D eigenvalue weighted by molar-refractivity contribution is 0.0531. The fraction of sp³-hybridized carbons (Fsp3) is 0.250. The lowest BCUT2D eigenvalue weighted by Crippen LogP contribution is -2.05. The highest BCUT2D eigenvalue weighted by molar-refractivity contribution is 7.98. The largest absolute Gasteiger partial charge is 0.462 e. The lowest BCUT2D eigenvalue weighted by atomic mass is 10.1. The number of thioether (sulfide) groups is 1. The number of nitrogen functional groups attached to an aromatic ring is 1. The minimum absolute atomic E-state index is 0.266. The zero-order valence-electron chi connectivity index (χ0n) is 15.9. The third kappa shape index (κ3) is 4.06. The van der Waals surface area contributed by atoms with Gasteiger partial charge in [-0.05, 0) is 44.0 Å². The van der Waals surface area contributed by atoms with Gasteiger partial charge in [0.25, 0.3) is 0 Å². The van der Waals surface area contributed by atoms with E-state index in [1.54, 1.807) is 13.1 Å². The second kappa shape index (κ2) is 8.50. The monoisotopic (exact) mass is 412 g/mol. The van der Waals surface area contributed by atoms with Crippen LogP contribution < -0.4 is 5.73 Å². The van der Waals surface area contributed by atoms with Crippen LogP contribution in [0.4, 0.5) is 5.00 Å². The summed E-state index contributed by atoms with van der Waals surface area (Å²) in [4.78, 5) is 17.1. The molecule has 0 amide bonds. The number of anilines is 1. The molecule has 0 radical (unpaired) electrons. The molecule has 144 valence electrons. The van der Waals surface area contributed by atoms with Gasteiger partial charge in [-0.2, -0.15) is 5.26 Å². The zero-order chi connectivity index (χ0) is 20.3. The molecule has 0 saturated heterocycles. The first kappa shape index (κ1) is 20.0. The first-order chi connectivity index (χ1) is 13.4. The summed E-state index contributed by atoms with van der Waals surface area (Å²) in [6.07, 6.45) is 3.63. The molecule has 0 saturated carbocycles. The van der Waals surface area contributed by atoms with Crippen molar-refractivity contribution in [3.8, 4) is 11.8 Å². The van der Waals surface area contributed by atoms with Crippen molar-refractivity contribution in [1.29, 1.82) is 5.26 Å². The molecule has 2 aromatic heterocycles. The number of aryl methyl sites for hydroxylation is 2. The summed E-state index contributed by atoms with van der Waals surface area (Å²) in [5.74, 6) is -0.0547. The van der Waals surface area contributed by atoms with Crippen LogP contribution in [-0.2, 0) is 10.5 Å². The zero-order valence-corrected chi connectivity index (χ0v) is 17.5. The number of rotatable bonds is 6. The van der Waals surface area contributed by atoms with Crippen LogP contribution in [0.1, 0.15) is 38.8 Å². The maximum absolute atomic E-state index is 12.3. The Morgan fingerprint density at radius 3 is 2.71 bits per heavy atom. The first-order valence-corrected chi connectivity index (χ1v) is 10.5. The molecule has 3 rings (SSSR count). The number of carbonyl (C=O) groups is 1. The Labute approximate surface area is 172 Å². The molecule has 0 spiro atoms. The number of aromatic nitrogens is 2. The molecule has 0 aliphatic carbocycles. The Kier molecular flexibility index (Phi) is 6.07. The number of hydrogen-bond acceptors (Lipinski definition) is 7. The highest BCUT2D eigenvalue weighted by Crippen LogP contribution is 2.35. The summed E-state index contributed by atoms with van der Waals surface area (Å²) in [5, 5.41) is 10.6. The van der Waals surface area contributed by atoms with E-state index in [4.69, 9.17) is 10.5 Å². The Balaban J connectivity index is 1.91. The van der Waals surface area contributed by atoms with E-state index in [0.29, 0.717) is 26.8 Å². The average molecular weight is 413 g/mol. The van der Waals surface area contributed by atoms with Gasteiger partial charge >= 0.3 is 5.97 Å². The minimum Gasteiger partial charge on any atom is -0.462 e. The summed E-state index contributed by atoms with van der Waals surface area (Å²) in [6.45, 7) is 6.12. The number of hydrogen-bond donors (Lipinski definition) is 1. The molecular weight excluding hydrogens is 392 g/mol. The molecule has 6 nitrogen and oxygen atoms in total. The van der Waals surface area contributed by atoms with Crippen LogP contribution in [0.25, 0.3) is 5.69 Å². The molecule has 0 atom stereocenters. The van der Waals surface area contributed by atoms with Crippen LogP contribution in [0.2, 0.25) is 0 Å². The average Bonchev–Trinajstić information content (AvgIpc) is 3.23. The Hall–Kier alpha value is -2.76. The van der Waals surface area contributed by atoms with Gasteiger partial charge in [-0.3, -0.25) is 4.57 Å². The highest BCUT2D eigenvalue weighted by Gasteiger charge is 2.23. The normalized spacial score (nSPS) is 10.6. The number of nitriles is 1. The predicted molar refractivity (Wildman–Crippen MR) is 112 cm³/mol. The van der Waals surface area contributed by atoms with Crippen molar-refractivity contribution in [3.05, 3.63) is 57.7 Å². The Bertz CT molecular complexity index is 1040. The molecule has 1 aromatic carbocycles. The third-order valence-corrected chi connectivity index (χ3v) is 6.08. The van der Waals surface area contributed by atoms with Gasteiger partial charge in [-0.15, -0.1) is 11.3 Å². The molecule has 28 heavy (non-hydrogen) atoms. The van der Waals surface area contributed by atoms with Gasteiger partial charge in [0, 0.05) is 29.4 Å². The number of thiophene rings is 1. The highest BCUT2D eigenvalue weighted by atomic mass is 32.2. The molecule has 0 fully saturated rings. The Morgan fingerprint density at radius 2 is 2.07 bits per heavy atom. The van der Waals surface area contributed by atoms with Crippen molar-refractivity contribution in [2.24, 2.45) is 0 Å². The predicted octanol–water partition coefficient (Wildman–Crippen LogP) is 4.47. The summed E-state index contributed by atoms with van der Waals surface area (Å²) in [7, 11) is 0. The van der Waals surface area contributed by atoms with Crippen molar-refractivity contribution in [2.75, 3.05) is 12.3 Å². The molecule has 2 N–H and O–H groups in total. The molecule has 0 bridgehead atoms. The van der Waals surface area contributed by atoms with Crippen molar-refractivity contribution in [1.82, 2.24) is 9.55 Å². The fourth-order valence-electron chi connectivity index (χ4n) is 2.93. The fourth-order valence-corrected chi connectivity index (χ4v) is 4.95. The number of imidazole rings is 1. The van der Waals surface area contributed by atoms with E-state index in [9.17, 15) is 10.1 Å². The topological polar surface area (TPSA) is 93.9 Å². The molecule has 3 aromatic rings. The number of esters is 1. The van der Waals surface area contributed by atoms with E-state index < -0.39 is 5.97 Å². The van der Waals surface area contributed by atoms with Crippen molar-refractivity contribution in [2.45, 2.75) is 31.7 Å². The van der Waals surface area contributed by atoms with E-state index in [2.05, 4.69) is 43.1 Å². The maximum atomic E-state index is 12.3. The van der Waals surface area contributed by atoms with Crippen LogP contribution >= 0.6 is 23.1 Å². The molecule has 0 unspecified atom stereocenters. The number of benzene rings is 1. The third-order valence-electron chi connectivity index (χ3n) is 4.04. The van der Waals surface area contributed by atoms with E-state index >= 15 is 0 Å². The molecule has 8 heteroatoms. The first-order valence-electron chi connectivity index (χ1n) is 8.67. The van der Waals surface area contributed by atoms with E-state index in [1.807, 2.05) is 10.8 Å². The number of nitrogens with zero attached hydrogens (tertiary/aromatic N) is 3. The van der Waals surface area contributed by atoms with Gasteiger partial charge in [-0.1, -0.05) is 17.8 Å². The second-order valence-corrected chi connectivity index (χ2v) is 8.19. The smallest absolute Gasteiger partial charge is 0.348 e. The van der Waals surface area contributed by atoms with Crippen LogP contribution in [0.5, 0.6) is 0 Å². The molecule has 2 heterocycles. The molecule has 0 aliphatic heterocycles. The number of ether oxygens (including phenoxy) is 1. The standard InChI is InChI=1S/C20H20N4O2S2/c1-4-26-19(25)17-16(15(10-21)18(22)28-17)11-27-20-23-5-6-24(20)14-8-12(2)7-13(3)9-14/h5-9H,4,11,22H2,1-3H3. The summed E-state index contributed by atoms with van der Waals surface area (Å²) < 4.78 is 7.11. The van der Waals surface area contributed by atoms with Crippen molar-refractivity contribution in [3.63, 3.8) is 0 Å². The lowest BCUT2D eigenvalue weighted by Gasteiger charge is -2.10. The van der Waals surface area contributed by atoms with Crippen LogP contribution in [0.15, 0.2) is 35.7 Å². The summed E-state index contributed by atoms with van der Waals surface area (Å²) >= 11 is 2.55. The van der Waals surface area contributed by atoms with Crippen molar-refractivity contribution < 1.29 is 9.53 Å². The van der Waals surface area contributed by atoms with Crippen LogP contribution in [-0.4, -0.2) is 22.1 Å². The Morgan fingerprint density at radius 1 is 1.36 bits per heavy atom.